The highest BCUT2D eigenvalue weighted by molar-refractivity contribution is 7.99. The first-order chi connectivity index (χ1) is 14.1. The molecular weight excluding hydrogens is 450 g/mol. The Morgan fingerprint density at radius 1 is 1.30 bits per heavy atom. The van der Waals surface area contributed by atoms with Crippen LogP contribution in [0, 0.1) is 0 Å². The average Bonchev–Trinajstić information content (AvgIpc) is 3.33. The summed E-state index contributed by atoms with van der Waals surface area (Å²) in [5, 5.41) is 0.525. The van der Waals surface area contributed by atoms with Crippen LogP contribution in [0.15, 0.2) is 28.3 Å². The molecule has 0 aliphatic carbocycles. The van der Waals surface area contributed by atoms with Crippen LogP contribution in [0.5, 0.6) is 0 Å². The van der Waals surface area contributed by atoms with Crippen LogP contribution in [0.3, 0.4) is 0 Å². The van der Waals surface area contributed by atoms with E-state index in [2.05, 4.69) is 4.98 Å². The molecule has 2 atom stereocenters. The molecule has 0 radical (unpaired) electrons. The molecule has 1 amide bonds. The van der Waals surface area contributed by atoms with Gasteiger partial charge in [0.15, 0.2) is 9.84 Å². The van der Waals surface area contributed by atoms with Crippen molar-refractivity contribution in [3.8, 4) is 0 Å². The molecule has 168 valence electrons. The van der Waals surface area contributed by atoms with Crippen molar-refractivity contribution in [2.75, 3.05) is 44.5 Å². The Morgan fingerprint density at radius 2 is 2.07 bits per heavy atom. The van der Waals surface area contributed by atoms with Crippen molar-refractivity contribution >= 4 is 37.5 Å². The minimum atomic E-state index is -3.56. The molecule has 3 rings (SSSR count). The monoisotopic (exact) mass is 477 g/mol. The highest BCUT2D eigenvalue weighted by Crippen LogP contribution is 2.24. The van der Waals surface area contributed by atoms with Crippen LogP contribution < -0.4 is 0 Å². The van der Waals surface area contributed by atoms with Gasteiger partial charge in [-0.05, 0) is 31.4 Å². The maximum absolute atomic E-state index is 12.9. The number of carbonyl (C=O) groups excluding carboxylic acids is 1. The first kappa shape index (κ1) is 23.5. The van der Waals surface area contributed by atoms with E-state index >= 15 is 0 Å². The quantitative estimate of drug-likeness (QED) is 0.501. The third-order valence-corrected chi connectivity index (χ3v) is 9.70. The van der Waals surface area contributed by atoms with E-state index in [9.17, 15) is 21.6 Å². The van der Waals surface area contributed by atoms with E-state index in [1.54, 1.807) is 11.0 Å². The third kappa shape index (κ3) is 5.72. The zero-order chi connectivity index (χ0) is 21.9. The van der Waals surface area contributed by atoms with Crippen molar-refractivity contribution in [3.63, 3.8) is 0 Å². The first-order valence-electron chi connectivity index (χ1n) is 9.71. The Kier molecular flexibility index (Phi) is 7.44. The number of amides is 1. The zero-order valence-corrected chi connectivity index (χ0v) is 19.5. The van der Waals surface area contributed by atoms with Crippen molar-refractivity contribution in [1.82, 2.24) is 14.2 Å². The molecule has 2 aliphatic rings. The van der Waals surface area contributed by atoms with E-state index in [1.807, 2.05) is 0 Å². The van der Waals surface area contributed by atoms with Crippen LogP contribution in [0.1, 0.15) is 19.3 Å². The van der Waals surface area contributed by atoms with E-state index in [-0.39, 0.29) is 40.2 Å². The molecule has 2 aliphatic heterocycles. The summed E-state index contributed by atoms with van der Waals surface area (Å²) >= 11 is 1.20. The van der Waals surface area contributed by atoms with Gasteiger partial charge in [0.05, 0.1) is 28.4 Å². The number of sulfonamides is 1. The van der Waals surface area contributed by atoms with Crippen LogP contribution >= 0.6 is 11.8 Å². The van der Waals surface area contributed by atoms with Gasteiger partial charge in [-0.15, -0.1) is 0 Å². The lowest BCUT2D eigenvalue weighted by atomic mass is 10.1. The largest absolute Gasteiger partial charge is 0.376 e. The van der Waals surface area contributed by atoms with Gasteiger partial charge in [-0.1, -0.05) is 11.8 Å². The summed E-state index contributed by atoms with van der Waals surface area (Å²) < 4.78 is 54.8. The molecule has 2 unspecified atom stereocenters. The van der Waals surface area contributed by atoms with Gasteiger partial charge in [0.2, 0.25) is 15.9 Å². The van der Waals surface area contributed by atoms with Crippen molar-refractivity contribution in [3.05, 3.63) is 18.3 Å². The molecule has 1 aromatic heterocycles. The van der Waals surface area contributed by atoms with E-state index in [0.717, 1.165) is 17.1 Å². The predicted molar refractivity (Wildman–Crippen MR) is 114 cm³/mol. The summed E-state index contributed by atoms with van der Waals surface area (Å²) in [4.78, 5) is 18.8. The number of hydrogen-bond donors (Lipinski definition) is 0. The number of pyridine rings is 1. The number of thioether (sulfide) groups is 1. The van der Waals surface area contributed by atoms with Crippen LogP contribution in [-0.4, -0.2) is 93.6 Å². The molecule has 0 aromatic carbocycles. The van der Waals surface area contributed by atoms with Gasteiger partial charge in [-0.3, -0.25) is 4.79 Å². The second-order valence-electron chi connectivity index (χ2n) is 7.65. The molecular formula is C18H27N3O6S3. The summed E-state index contributed by atoms with van der Waals surface area (Å²) in [6.45, 7) is 1.06. The summed E-state index contributed by atoms with van der Waals surface area (Å²) in [7, 11) is -3.78. The molecule has 12 heteroatoms. The lowest BCUT2D eigenvalue weighted by Gasteiger charge is -2.30. The SMILES string of the molecule is CN(C)S(=O)(=O)c1ccc(SCC(=O)N(CC2CCCO2)C2CCS(=O)(=O)C2)nc1. The standard InChI is InChI=1S/C18H27N3O6S3/c1-20(2)30(25,26)16-5-6-17(19-10-16)28-12-18(22)21(11-15-4-3-8-27-15)14-7-9-29(23,24)13-14/h5-6,10,14-15H,3-4,7-9,11-13H2,1-2H3. The molecule has 0 bridgehead atoms. The summed E-state index contributed by atoms with van der Waals surface area (Å²) in [6, 6.07) is 2.70. The van der Waals surface area contributed by atoms with Crippen LogP contribution in [0.4, 0.5) is 0 Å². The van der Waals surface area contributed by atoms with Crippen molar-refractivity contribution < 1.29 is 26.4 Å². The van der Waals surface area contributed by atoms with Gasteiger partial charge < -0.3 is 9.64 Å². The molecule has 0 spiro atoms. The lowest BCUT2D eigenvalue weighted by molar-refractivity contribution is -0.131. The fraction of sp³-hybridized carbons (Fsp3) is 0.667. The predicted octanol–water partition coefficient (Wildman–Crippen LogP) is 0.619. The molecule has 0 N–H and O–H groups in total. The smallest absolute Gasteiger partial charge is 0.244 e. The Hall–Kier alpha value is -1.21. The normalized spacial score (nSPS) is 23.7. The lowest BCUT2D eigenvalue weighted by Crippen LogP contribution is -2.46. The molecule has 2 saturated heterocycles. The minimum Gasteiger partial charge on any atom is -0.376 e. The highest BCUT2D eigenvalue weighted by Gasteiger charge is 2.36. The number of hydrogen-bond acceptors (Lipinski definition) is 8. The Bertz CT molecular complexity index is 957. The van der Waals surface area contributed by atoms with Crippen molar-refractivity contribution in [2.45, 2.75) is 41.3 Å². The van der Waals surface area contributed by atoms with E-state index in [4.69, 9.17) is 4.74 Å². The van der Waals surface area contributed by atoms with Crippen LogP contribution in [-0.2, 0) is 29.4 Å². The van der Waals surface area contributed by atoms with E-state index in [1.165, 1.54) is 38.1 Å². The second-order valence-corrected chi connectivity index (χ2v) is 13.0. The molecule has 9 nitrogen and oxygen atoms in total. The summed E-state index contributed by atoms with van der Waals surface area (Å²) in [6.07, 6.45) is 3.46. The molecule has 0 saturated carbocycles. The Morgan fingerprint density at radius 3 is 2.60 bits per heavy atom. The molecule has 2 fully saturated rings. The molecule has 3 heterocycles. The Labute approximate surface area is 182 Å². The van der Waals surface area contributed by atoms with E-state index in [0.29, 0.717) is 24.6 Å². The topological polar surface area (TPSA) is 114 Å². The summed E-state index contributed by atoms with van der Waals surface area (Å²) in [5.41, 5.74) is 0. The number of aromatic nitrogens is 1. The van der Waals surface area contributed by atoms with Gasteiger partial charge >= 0.3 is 0 Å². The fourth-order valence-corrected chi connectivity index (χ4v) is 6.82. The molecule has 1 aromatic rings. The number of rotatable bonds is 8. The third-order valence-electron chi connectivity index (χ3n) is 5.23. The maximum atomic E-state index is 12.9. The number of nitrogens with zero attached hydrogens (tertiary/aromatic N) is 3. The van der Waals surface area contributed by atoms with Gasteiger partial charge in [0, 0.05) is 39.5 Å². The zero-order valence-electron chi connectivity index (χ0n) is 17.1. The van der Waals surface area contributed by atoms with Gasteiger partial charge in [0.25, 0.3) is 0 Å². The summed E-state index contributed by atoms with van der Waals surface area (Å²) in [5.74, 6) is 0.0229. The van der Waals surface area contributed by atoms with Crippen molar-refractivity contribution in [1.29, 1.82) is 0 Å². The minimum absolute atomic E-state index is 0.00846. The van der Waals surface area contributed by atoms with Gasteiger partial charge in [-0.25, -0.2) is 26.1 Å². The number of sulfone groups is 1. The van der Waals surface area contributed by atoms with Crippen LogP contribution in [0.2, 0.25) is 0 Å². The van der Waals surface area contributed by atoms with Crippen molar-refractivity contribution in [2.24, 2.45) is 0 Å². The number of ether oxygens (including phenoxy) is 1. The van der Waals surface area contributed by atoms with Crippen LogP contribution in [0.25, 0.3) is 0 Å². The Balaban J connectivity index is 1.65. The van der Waals surface area contributed by atoms with E-state index < -0.39 is 19.9 Å². The average molecular weight is 478 g/mol. The van der Waals surface area contributed by atoms with Gasteiger partial charge in [0.1, 0.15) is 4.90 Å². The maximum Gasteiger partial charge on any atom is 0.244 e. The molecule has 30 heavy (non-hydrogen) atoms. The fourth-order valence-electron chi connectivity index (χ4n) is 3.52. The van der Waals surface area contributed by atoms with Gasteiger partial charge in [-0.2, -0.15) is 0 Å². The highest BCUT2D eigenvalue weighted by atomic mass is 32.2. The second kappa shape index (κ2) is 9.51. The number of carbonyl (C=O) groups is 1. The first-order valence-corrected chi connectivity index (χ1v) is 14.0.